The molecule has 0 aliphatic rings. The summed E-state index contributed by atoms with van der Waals surface area (Å²) >= 11 is 0. The molecule has 0 saturated carbocycles. The molecule has 3 rings (SSSR count). The molecule has 0 atom stereocenters. The normalized spacial score (nSPS) is 11.4. The summed E-state index contributed by atoms with van der Waals surface area (Å²) in [5.74, 6) is -1.45. The van der Waals surface area contributed by atoms with E-state index >= 15 is 0 Å². The molecule has 0 spiro atoms. The summed E-state index contributed by atoms with van der Waals surface area (Å²) in [7, 11) is 3.06. The van der Waals surface area contributed by atoms with Crippen LogP contribution < -0.4 is 11.1 Å². The van der Waals surface area contributed by atoms with Crippen LogP contribution in [0.2, 0.25) is 0 Å². The summed E-state index contributed by atoms with van der Waals surface area (Å²) in [5.41, 5.74) is -0.0332. The van der Waals surface area contributed by atoms with E-state index in [0.29, 0.717) is 11.4 Å². The summed E-state index contributed by atoms with van der Waals surface area (Å²) < 4.78 is 18.7. The van der Waals surface area contributed by atoms with Crippen molar-refractivity contribution >= 4 is 0 Å². The largest absolute Gasteiger partial charge is 0.507 e. The number of pyridine rings is 2. The topological polar surface area (TPSA) is 116 Å². The van der Waals surface area contributed by atoms with Crippen LogP contribution >= 0.6 is 0 Å². The third kappa shape index (κ3) is 4.35. The molecule has 3 aromatic rings. The highest BCUT2D eigenvalue weighted by Crippen LogP contribution is 2.37. The Hall–Kier alpha value is -3.30. The summed E-state index contributed by atoms with van der Waals surface area (Å²) in [6, 6.07) is 6.13. The third-order valence-electron chi connectivity index (χ3n) is 5.49. The van der Waals surface area contributed by atoms with Gasteiger partial charge in [-0.25, -0.2) is 0 Å². The van der Waals surface area contributed by atoms with Crippen molar-refractivity contribution in [3.05, 3.63) is 79.5 Å². The average Bonchev–Trinajstić information content (AvgIpc) is 3.26. The standard InChI is InChI=1S/C23H28N2O7/c1-14-12-16(26)19(22(28)24(14)7-10-30-3)21(18-6-5-9-32-18)20-17(27)13-15(2)25(23(20)29)8-11-31-4/h5-6,9,12-13,21,26-27H,7-8,10-11H2,1-4H3. The SMILES string of the molecule is COCCn1c(C)cc(O)c(C(c2ccco2)c2c(O)cc(C)n(CCOC)c2=O)c1=O. The Labute approximate surface area is 185 Å². The molecule has 9 nitrogen and oxygen atoms in total. The van der Waals surface area contributed by atoms with Crippen LogP contribution in [0.4, 0.5) is 0 Å². The van der Waals surface area contributed by atoms with Gasteiger partial charge in [0.1, 0.15) is 17.3 Å². The van der Waals surface area contributed by atoms with Gasteiger partial charge in [-0.15, -0.1) is 0 Å². The quantitative estimate of drug-likeness (QED) is 0.519. The van der Waals surface area contributed by atoms with Crippen molar-refractivity contribution in [2.45, 2.75) is 32.9 Å². The molecule has 0 unspecified atom stereocenters. The van der Waals surface area contributed by atoms with Gasteiger partial charge in [-0.2, -0.15) is 0 Å². The maximum absolute atomic E-state index is 13.5. The lowest BCUT2D eigenvalue weighted by molar-refractivity contribution is 0.185. The van der Waals surface area contributed by atoms with E-state index in [1.165, 1.54) is 41.7 Å². The molecule has 0 aliphatic heterocycles. The van der Waals surface area contributed by atoms with Crippen LogP contribution in [-0.2, 0) is 22.6 Å². The number of hydrogen-bond donors (Lipinski definition) is 2. The van der Waals surface area contributed by atoms with E-state index in [-0.39, 0.29) is 54.7 Å². The molecule has 0 saturated heterocycles. The van der Waals surface area contributed by atoms with Gasteiger partial charge < -0.3 is 33.2 Å². The second-order valence-electron chi connectivity index (χ2n) is 7.52. The summed E-state index contributed by atoms with van der Waals surface area (Å²) in [6.45, 7) is 4.49. The van der Waals surface area contributed by atoms with E-state index in [1.54, 1.807) is 26.0 Å². The Morgan fingerprint density at radius 2 is 1.38 bits per heavy atom. The Morgan fingerprint density at radius 1 is 0.906 bits per heavy atom. The van der Waals surface area contributed by atoms with Crippen LogP contribution in [0, 0.1) is 13.8 Å². The average molecular weight is 444 g/mol. The summed E-state index contributed by atoms with van der Waals surface area (Å²) in [4.78, 5) is 26.9. The van der Waals surface area contributed by atoms with E-state index in [0.717, 1.165) is 0 Å². The van der Waals surface area contributed by atoms with Crippen molar-refractivity contribution in [3.8, 4) is 11.5 Å². The zero-order valence-corrected chi connectivity index (χ0v) is 18.6. The van der Waals surface area contributed by atoms with Gasteiger partial charge in [0.25, 0.3) is 11.1 Å². The first-order valence-electron chi connectivity index (χ1n) is 10.2. The molecular weight excluding hydrogens is 416 g/mol. The monoisotopic (exact) mass is 444 g/mol. The molecule has 32 heavy (non-hydrogen) atoms. The molecule has 3 aromatic heterocycles. The van der Waals surface area contributed by atoms with Gasteiger partial charge in [0, 0.05) is 38.7 Å². The fourth-order valence-electron chi connectivity index (χ4n) is 3.89. The van der Waals surface area contributed by atoms with Gasteiger partial charge in [0.15, 0.2) is 0 Å². The highest BCUT2D eigenvalue weighted by atomic mass is 16.5. The number of aromatic nitrogens is 2. The van der Waals surface area contributed by atoms with E-state index < -0.39 is 17.0 Å². The Bertz CT molecular complexity index is 1120. The zero-order chi connectivity index (χ0) is 23.4. The van der Waals surface area contributed by atoms with Crippen LogP contribution in [0.5, 0.6) is 11.5 Å². The highest BCUT2D eigenvalue weighted by Gasteiger charge is 2.32. The minimum absolute atomic E-state index is 0.0591. The van der Waals surface area contributed by atoms with Crippen molar-refractivity contribution in [2.24, 2.45) is 0 Å². The van der Waals surface area contributed by atoms with Gasteiger partial charge >= 0.3 is 0 Å². The maximum Gasteiger partial charge on any atom is 0.258 e. The molecule has 0 radical (unpaired) electrons. The van der Waals surface area contributed by atoms with Gasteiger partial charge in [0.2, 0.25) is 0 Å². The van der Waals surface area contributed by atoms with Crippen molar-refractivity contribution in [2.75, 3.05) is 27.4 Å². The number of furan rings is 1. The van der Waals surface area contributed by atoms with Gasteiger partial charge in [0.05, 0.1) is 36.5 Å². The number of methoxy groups -OCH3 is 2. The van der Waals surface area contributed by atoms with Crippen LogP contribution in [0.25, 0.3) is 0 Å². The van der Waals surface area contributed by atoms with Crippen LogP contribution in [0.1, 0.15) is 34.2 Å². The first-order valence-corrected chi connectivity index (χ1v) is 10.2. The first-order chi connectivity index (χ1) is 15.3. The minimum atomic E-state index is -1.12. The lowest BCUT2D eigenvalue weighted by Crippen LogP contribution is -2.33. The van der Waals surface area contributed by atoms with E-state index in [9.17, 15) is 19.8 Å². The molecule has 0 amide bonds. The Kier molecular flexibility index (Phi) is 7.22. The number of ether oxygens (including phenoxy) is 2. The van der Waals surface area contributed by atoms with Crippen LogP contribution in [0.15, 0.2) is 44.5 Å². The number of aryl methyl sites for hydroxylation is 2. The molecule has 0 bridgehead atoms. The second-order valence-corrected chi connectivity index (χ2v) is 7.52. The van der Waals surface area contributed by atoms with Crippen molar-refractivity contribution in [1.29, 1.82) is 0 Å². The molecule has 0 aromatic carbocycles. The maximum atomic E-state index is 13.5. The first kappa shape index (κ1) is 23.4. The molecular formula is C23H28N2O7. The van der Waals surface area contributed by atoms with E-state index in [4.69, 9.17) is 13.9 Å². The molecule has 0 aliphatic carbocycles. The van der Waals surface area contributed by atoms with Gasteiger partial charge in [-0.3, -0.25) is 9.59 Å². The molecule has 172 valence electrons. The summed E-state index contributed by atoms with van der Waals surface area (Å²) in [5, 5.41) is 21.6. The summed E-state index contributed by atoms with van der Waals surface area (Å²) in [6.07, 6.45) is 1.41. The Morgan fingerprint density at radius 3 is 1.75 bits per heavy atom. The van der Waals surface area contributed by atoms with Gasteiger partial charge in [-0.1, -0.05) is 0 Å². The lowest BCUT2D eigenvalue weighted by atomic mass is 9.88. The van der Waals surface area contributed by atoms with E-state index in [1.807, 2.05) is 0 Å². The Balaban J connectivity index is 2.33. The predicted molar refractivity (Wildman–Crippen MR) is 118 cm³/mol. The van der Waals surface area contributed by atoms with Crippen LogP contribution in [0.3, 0.4) is 0 Å². The number of aromatic hydroxyl groups is 2. The molecule has 3 heterocycles. The number of rotatable bonds is 9. The third-order valence-corrected chi connectivity index (χ3v) is 5.49. The smallest absolute Gasteiger partial charge is 0.258 e. The van der Waals surface area contributed by atoms with E-state index in [2.05, 4.69) is 0 Å². The van der Waals surface area contributed by atoms with Crippen LogP contribution in [-0.4, -0.2) is 46.8 Å². The fraction of sp³-hybridized carbons (Fsp3) is 0.391. The molecule has 0 fully saturated rings. The van der Waals surface area contributed by atoms with Crippen molar-refractivity contribution < 1.29 is 24.1 Å². The van der Waals surface area contributed by atoms with Crippen molar-refractivity contribution in [3.63, 3.8) is 0 Å². The minimum Gasteiger partial charge on any atom is -0.507 e. The van der Waals surface area contributed by atoms with Crippen molar-refractivity contribution in [1.82, 2.24) is 9.13 Å². The zero-order valence-electron chi connectivity index (χ0n) is 18.6. The predicted octanol–water partition coefficient (Wildman–Crippen LogP) is 2.10. The second kappa shape index (κ2) is 9.88. The lowest BCUT2D eigenvalue weighted by Gasteiger charge is -2.21. The fourth-order valence-corrected chi connectivity index (χ4v) is 3.89. The number of hydrogen-bond acceptors (Lipinski definition) is 7. The number of nitrogens with zero attached hydrogens (tertiary/aromatic N) is 2. The molecule has 9 heteroatoms. The molecule has 2 N–H and O–H groups in total. The van der Waals surface area contributed by atoms with Gasteiger partial charge in [-0.05, 0) is 38.1 Å². The highest BCUT2D eigenvalue weighted by molar-refractivity contribution is 5.50.